The van der Waals surface area contributed by atoms with Crippen LogP contribution in [0.2, 0.25) is 5.02 Å². The Kier molecular flexibility index (Phi) is 4.17. The van der Waals surface area contributed by atoms with Gasteiger partial charge in [0.15, 0.2) is 5.65 Å². The number of benzene rings is 1. The molecular weight excluding hydrogens is 336 g/mol. The number of hydrogen-bond donors (Lipinski definition) is 0. The number of fused-ring (bicyclic) bond motifs is 1. The first-order valence-corrected chi connectivity index (χ1v) is 8.18. The highest BCUT2D eigenvalue weighted by Gasteiger charge is 2.18. The van der Waals surface area contributed by atoms with Gasteiger partial charge in [-0.25, -0.2) is 9.50 Å². The fourth-order valence-electron chi connectivity index (χ4n) is 2.85. The van der Waals surface area contributed by atoms with Crippen molar-refractivity contribution in [3.63, 3.8) is 0 Å². The molecular formula is C19H15ClN4O. The molecule has 3 aromatic heterocycles. The number of ether oxygens (including phenoxy) is 1. The maximum absolute atomic E-state index is 6.03. The third-order valence-corrected chi connectivity index (χ3v) is 4.18. The van der Waals surface area contributed by atoms with Gasteiger partial charge in [-0.3, -0.25) is 4.98 Å². The van der Waals surface area contributed by atoms with Crippen LogP contribution in [0.15, 0.2) is 60.9 Å². The van der Waals surface area contributed by atoms with Gasteiger partial charge in [0, 0.05) is 24.5 Å². The molecule has 124 valence electrons. The summed E-state index contributed by atoms with van der Waals surface area (Å²) in [5, 5.41) is 5.42. The highest BCUT2D eigenvalue weighted by molar-refractivity contribution is 6.30. The predicted molar refractivity (Wildman–Crippen MR) is 97.4 cm³/mol. The van der Waals surface area contributed by atoms with Crippen molar-refractivity contribution in [2.75, 3.05) is 7.11 Å². The van der Waals surface area contributed by atoms with E-state index < -0.39 is 0 Å². The van der Waals surface area contributed by atoms with Crippen molar-refractivity contribution in [1.82, 2.24) is 19.6 Å². The lowest BCUT2D eigenvalue weighted by atomic mass is 10.1. The van der Waals surface area contributed by atoms with E-state index in [2.05, 4.69) is 9.97 Å². The second-order valence-corrected chi connectivity index (χ2v) is 5.98. The minimum atomic E-state index is 0.392. The van der Waals surface area contributed by atoms with Crippen molar-refractivity contribution >= 4 is 17.2 Å². The lowest BCUT2D eigenvalue weighted by Gasteiger charge is -2.04. The minimum absolute atomic E-state index is 0.392. The minimum Gasteiger partial charge on any atom is -0.378 e. The average molecular weight is 351 g/mol. The Hall–Kier alpha value is -2.76. The fourth-order valence-corrected chi connectivity index (χ4v) is 2.97. The largest absolute Gasteiger partial charge is 0.378 e. The lowest BCUT2D eigenvalue weighted by molar-refractivity contribution is 0.181. The van der Waals surface area contributed by atoms with Crippen molar-refractivity contribution in [2.24, 2.45) is 0 Å². The van der Waals surface area contributed by atoms with E-state index >= 15 is 0 Å². The van der Waals surface area contributed by atoms with Crippen molar-refractivity contribution in [1.29, 1.82) is 0 Å². The lowest BCUT2D eigenvalue weighted by Crippen LogP contribution is -1.97. The molecule has 0 amide bonds. The number of pyridine rings is 1. The van der Waals surface area contributed by atoms with Crippen LogP contribution in [0.4, 0.5) is 0 Å². The van der Waals surface area contributed by atoms with Gasteiger partial charge >= 0.3 is 0 Å². The summed E-state index contributed by atoms with van der Waals surface area (Å²) in [5.41, 5.74) is 5.24. The topological polar surface area (TPSA) is 52.3 Å². The number of aromatic nitrogens is 4. The summed E-state index contributed by atoms with van der Waals surface area (Å²) in [4.78, 5) is 8.98. The molecule has 6 heteroatoms. The summed E-state index contributed by atoms with van der Waals surface area (Å²) in [7, 11) is 1.66. The predicted octanol–water partition coefficient (Wildman–Crippen LogP) is 4.26. The molecule has 0 saturated heterocycles. The number of nitrogens with zero attached hydrogens (tertiary/aromatic N) is 4. The van der Waals surface area contributed by atoms with Crippen molar-refractivity contribution in [3.05, 3.63) is 71.6 Å². The summed E-state index contributed by atoms with van der Waals surface area (Å²) in [6.45, 7) is 0.392. The second-order valence-electron chi connectivity index (χ2n) is 5.54. The van der Waals surface area contributed by atoms with Gasteiger partial charge < -0.3 is 4.74 Å². The van der Waals surface area contributed by atoms with Crippen LogP contribution in [0.5, 0.6) is 0 Å². The van der Waals surface area contributed by atoms with Crippen LogP contribution in [0.25, 0.3) is 28.2 Å². The molecule has 0 saturated carbocycles. The molecule has 4 aromatic rings. The molecule has 5 nitrogen and oxygen atoms in total. The zero-order valence-electron chi connectivity index (χ0n) is 13.6. The molecule has 0 spiro atoms. The van der Waals surface area contributed by atoms with Crippen LogP contribution in [0.3, 0.4) is 0 Å². The Labute approximate surface area is 149 Å². The maximum Gasteiger partial charge on any atom is 0.163 e. The van der Waals surface area contributed by atoms with Crippen molar-refractivity contribution in [3.8, 4) is 22.5 Å². The molecule has 0 radical (unpaired) electrons. The Balaban J connectivity index is 1.99. The van der Waals surface area contributed by atoms with E-state index in [1.54, 1.807) is 19.5 Å². The van der Waals surface area contributed by atoms with Crippen LogP contribution in [0, 0.1) is 0 Å². The van der Waals surface area contributed by atoms with Crippen LogP contribution >= 0.6 is 11.6 Å². The molecule has 1 aromatic carbocycles. The van der Waals surface area contributed by atoms with Crippen LogP contribution in [-0.2, 0) is 11.3 Å². The summed E-state index contributed by atoms with van der Waals surface area (Å²) in [6.07, 6.45) is 3.54. The van der Waals surface area contributed by atoms with E-state index in [9.17, 15) is 0 Å². The fraction of sp³-hybridized carbons (Fsp3) is 0.105. The smallest absolute Gasteiger partial charge is 0.163 e. The standard InChI is InChI=1S/C19H15ClN4O/c1-25-12-16-18(13-5-7-14(20)8-6-13)19-22-11-9-17(24(19)23-16)15-4-2-3-10-21-15/h2-11H,12H2,1H3. The van der Waals surface area contributed by atoms with Gasteiger partial charge in [0.2, 0.25) is 0 Å². The molecule has 0 atom stereocenters. The van der Waals surface area contributed by atoms with E-state index in [1.165, 1.54) is 0 Å². The molecule has 0 aliphatic rings. The first kappa shape index (κ1) is 15.7. The summed E-state index contributed by atoms with van der Waals surface area (Å²) in [6, 6.07) is 15.4. The summed E-state index contributed by atoms with van der Waals surface area (Å²) >= 11 is 6.03. The zero-order chi connectivity index (χ0) is 17.2. The number of halogens is 1. The first-order valence-electron chi connectivity index (χ1n) is 7.81. The molecule has 0 aliphatic carbocycles. The van der Waals surface area contributed by atoms with E-state index in [4.69, 9.17) is 21.4 Å². The number of rotatable bonds is 4. The second kappa shape index (κ2) is 6.63. The van der Waals surface area contributed by atoms with Gasteiger partial charge in [0.25, 0.3) is 0 Å². The van der Waals surface area contributed by atoms with Gasteiger partial charge in [-0.15, -0.1) is 0 Å². The Morgan fingerprint density at radius 2 is 1.84 bits per heavy atom. The highest BCUT2D eigenvalue weighted by Crippen LogP contribution is 2.31. The third kappa shape index (κ3) is 2.88. The van der Waals surface area contributed by atoms with Crippen molar-refractivity contribution < 1.29 is 4.74 Å². The van der Waals surface area contributed by atoms with Gasteiger partial charge in [-0.2, -0.15) is 5.10 Å². The summed E-state index contributed by atoms with van der Waals surface area (Å²) < 4.78 is 7.16. The molecule has 0 fully saturated rings. The molecule has 3 heterocycles. The molecule has 25 heavy (non-hydrogen) atoms. The van der Waals surface area contributed by atoms with Gasteiger partial charge in [0.1, 0.15) is 0 Å². The molecule has 0 N–H and O–H groups in total. The molecule has 4 rings (SSSR count). The van der Waals surface area contributed by atoms with Crippen LogP contribution in [-0.4, -0.2) is 26.7 Å². The normalized spacial score (nSPS) is 11.1. The highest BCUT2D eigenvalue weighted by atomic mass is 35.5. The zero-order valence-corrected chi connectivity index (χ0v) is 14.3. The quantitative estimate of drug-likeness (QED) is 0.552. The van der Waals surface area contributed by atoms with Crippen LogP contribution in [0.1, 0.15) is 5.69 Å². The van der Waals surface area contributed by atoms with E-state index in [0.29, 0.717) is 11.6 Å². The van der Waals surface area contributed by atoms with E-state index in [0.717, 1.165) is 33.9 Å². The Bertz CT molecular complexity index is 1010. The van der Waals surface area contributed by atoms with E-state index in [-0.39, 0.29) is 0 Å². The Morgan fingerprint density at radius 3 is 2.56 bits per heavy atom. The maximum atomic E-state index is 6.03. The molecule has 0 bridgehead atoms. The third-order valence-electron chi connectivity index (χ3n) is 3.93. The van der Waals surface area contributed by atoms with Crippen LogP contribution < -0.4 is 0 Å². The number of hydrogen-bond acceptors (Lipinski definition) is 4. The summed E-state index contributed by atoms with van der Waals surface area (Å²) in [5.74, 6) is 0. The van der Waals surface area contributed by atoms with Gasteiger partial charge in [-0.05, 0) is 35.9 Å². The van der Waals surface area contributed by atoms with Gasteiger partial charge in [0.05, 0.1) is 29.3 Å². The average Bonchev–Trinajstić information content (AvgIpc) is 3.01. The van der Waals surface area contributed by atoms with Crippen molar-refractivity contribution in [2.45, 2.75) is 6.61 Å². The molecule has 0 aliphatic heterocycles. The van der Waals surface area contributed by atoms with Gasteiger partial charge in [-0.1, -0.05) is 29.8 Å². The monoisotopic (exact) mass is 350 g/mol. The van der Waals surface area contributed by atoms with E-state index in [1.807, 2.05) is 53.0 Å². The molecule has 0 unspecified atom stereocenters. The number of methoxy groups -OCH3 is 1. The first-order chi connectivity index (χ1) is 12.3. The Morgan fingerprint density at radius 1 is 1.00 bits per heavy atom. The SMILES string of the molecule is COCc1nn2c(-c3ccccn3)ccnc2c1-c1ccc(Cl)cc1.